The van der Waals surface area contributed by atoms with Crippen LogP contribution in [0.25, 0.3) is 0 Å². The smallest absolute Gasteiger partial charge is 0.139 e. The van der Waals surface area contributed by atoms with Gasteiger partial charge in [0.05, 0.1) is 0 Å². The molecule has 0 spiro atoms. The highest BCUT2D eigenvalue weighted by Gasteiger charge is 2.59. The fourth-order valence-electron chi connectivity index (χ4n) is 7.07. The van der Waals surface area contributed by atoms with Gasteiger partial charge in [0.25, 0.3) is 0 Å². The topological polar surface area (TPSA) is 17.1 Å². The number of carbonyl (C=O) groups excluding carboxylic acids is 1. The van der Waals surface area contributed by atoms with E-state index >= 15 is 0 Å². The largest absolute Gasteiger partial charge is 0.299 e. The quantitative estimate of drug-likeness (QED) is 0.608. The first-order chi connectivity index (χ1) is 9.56. The number of ketones is 1. The van der Waals surface area contributed by atoms with E-state index in [1.807, 2.05) is 0 Å². The minimum absolute atomic E-state index is 0.0685. The summed E-state index contributed by atoms with van der Waals surface area (Å²) in [6.45, 7) is 4.92. The third kappa shape index (κ3) is 1.58. The lowest BCUT2D eigenvalue weighted by Crippen LogP contribution is -2.52. The summed E-state index contributed by atoms with van der Waals surface area (Å²) in [7, 11) is 0. The van der Waals surface area contributed by atoms with Crippen molar-refractivity contribution in [2.24, 2.45) is 34.5 Å². The van der Waals surface area contributed by atoms with Crippen LogP contribution in [0.5, 0.6) is 0 Å². The molecular weight excluding hydrogens is 244 g/mol. The number of hydrogen-bond acceptors (Lipinski definition) is 1. The Morgan fingerprint density at radius 1 is 0.900 bits per heavy atom. The Morgan fingerprint density at radius 3 is 2.60 bits per heavy atom. The molecule has 0 amide bonds. The van der Waals surface area contributed by atoms with Crippen LogP contribution in [-0.2, 0) is 4.79 Å². The van der Waals surface area contributed by atoms with Gasteiger partial charge < -0.3 is 0 Å². The van der Waals surface area contributed by atoms with Gasteiger partial charge in [0.15, 0.2) is 0 Å². The highest BCUT2D eigenvalue weighted by atomic mass is 16.1. The van der Waals surface area contributed by atoms with Gasteiger partial charge in [0.2, 0.25) is 0 Å². The number of Topliss-reactive ketones (excluding diaryl/α,β-unsaturated/α-hetero) is 1. The van der Waals surface area contributed by atoms with Crippen LogP contribution < -0.4 is 0 Å². The lowest BCUT2D eigenvalue weighted by atomic mass is 9.45. The first kappa shape index (κ1) is 13.3. The summed E-state index contributed by atoms with van der Waals surface area (Å²) in [5.41, 5.74) is 0.688. The molecule has 6 atom stereocenters. The normalized spacial score (nSPS) is 55.0. The van der Waals surface area contributed by atoms with Gasteiger partial charge in [0, 0.05) is 11.8 Å². The molecule has 4 aliphatic rings. The van der Waals surface area contributed by atoms with E-state index in [4.69, 9.17) is 0 Å². The zero-order valence-electron chi connectivity index (χ0n) is 13.3. The van der Waals surface area contributed by atoms with Crippen LogP contribution in [0.1, 0.15) is 78.1 Å². The summed E-state index contributed by atoms with van der Waals surface area (Å²) >= 11 is 0. The molecule has 4 saturated carbocycles. The standard InChI is InChI=1S/C19H30O/c1-18-11-4-3-5-13(18)6-7-14-15-8-9-17(20)19(15,2)12-10-16(14)18/h13-16H,3-12H2,1-2H3/t13-,14-,15+,16-,18-,19+/m1/s1. The second-order valence-electron chi connectivity index (χ2n) is 8.82. The third-order valence-corrected chi connectivity index (χ3v) is 8.29. The molecular formula is C19H30O. The van der Waals surface area contributed by atoms with Crippen molar-refractivity contribution >= 4 is 5.78 Å². The minimum atomic E-state index is 0.0685. The minimum Gasteiger partial charge on any atom is -0.299 e. The first-order valence-corrected chi connectivity index (χ1v) is 9.09. The van der Waals surface area contributed by atoms with Crippen molar-refractivity contribution in [1.29, 1.82) is 0 Å². The monoisotopic (exact) mass is 274 g/mol. The summed E-state index contributed by atoms with van der Waals surface area (Å²) in [5, 5.41) is 0. The molecule has 0 aromatic heterocycles. The van der Waals surface area contributed by atoms with Crippen LogP contribution in [0.2, 0.25) is 0 Å². The molecule has 0 aromatic rings. The van der Waals surface area contributed by atoms with Gasteiger partial charge >= 0.3 is 0 Å². The molecule has 0 unspecified atom stereocenters. The second-order valence-corrected chi connectivity index (χ2v) is 8.82. The Morgan fingerprint density at radius 2 is 1.75 bits per heavy atom. The summed E-state index contributed by atoms with van der Waals surface area (Å²) in [5.74, 6) is 4.13. The predicted molar refractivity (Wildman–Crippen MR) is 81.4 cm³/mol. The average molecular weight is 274 g/mol. The highest BCUT2D eigenvalue weighted by Crippen LogP contribution is 2.65. The predicted octanol–water partition coefficient (Wildman–Crippen LogP) is 4.99. The molecule has 1 nitrogen and oxygen atoms in total. The van der Waals surface area contributed by atoms with E-state index in [0.29, 0.717) is 11.2 Å². The Hall–Kier alpha value is -0.330. The Kier molecular flexibility index (Phi) is 2.89. The molecule has 112 valence electrons. The van der Waals surface area contributed by atoms with Crippen LogP contribution in [0.3, 0.4) is 0 Å². The summed E-state index contributed by atoms with van der Waals surface area (Å²) in [6, 6.07) is 0. The van der Waals surface area contributed by atoms with E-state index in [-0.39, 0.29) is 5.41 Å². The number of rotatable bonds is 0. The van der Waals surface area contributed by atoms with Gasteiger partial charge in [-0.2, -0.15) is 0 Å². The molecule has 0 heterocycles. The van der Waals surface area contributed by atoms with E-state index in [0.717, 1.165) is 30.1 Å². The lowest BCUT2D eigenvalue weighted by Gasteiger charge is -2.59. The van der Waals surface area contributed by atoms with E-state index in [2.05, 4.69) is 13.8 Å². The van der Waals surface area contributed by atoms with Crippen molar-refractivity contribution in [3.63, 3.8) is 0 Å². The maximum absolute atomic E-state index is 12.4. The lowest BCUT2D eigenvalue weighted by molar-refractivity contribution is -0.138. The average Bonchev–Trinajstić information content (AvgIpc) is 2.74. The van der Waals surface area contributed by atoms with Gasteiger partial charge in [-0.15, -0.1) is 0 Å². The molecule has 4 aliphatic carbocycles. The molecule has 0 saturated heterocycles. The zero-order chi connectivity index (χ0) is 14.0. The van der Waals surface area contributed by atoms with Crippen molar-refractivity contribution < 1.29 is 4.79 Å². The molecule has 20 heavy (non-hydrogen) atoms. The molecule has 4 rings (SSSR count). The van der Waals surface area contributed by atoms with Crippen LogP contribution in [-0.4, -0.2) is 5.78 Å². The van der Waals surface area contributed by atoms with Crippen molar-refractivity contribution in [2.75, 3.05) is 0 Å². The van der Waals surface area contributed by atoms with E-state index in [9.17, 15) is 4.79 Å². The van der Waals surface area contributed by atoms with Gasteiger partial charge in [0.1, 0.15) is 5.78 Å². The number of carbonyl (C=O) groups is 1. The number of fused-ring (bicyclic) bond motifs is 5. The van der Waals surface area contributed by atoms with Crippen LogP contribution in [0, 0.1) is 34.5 Å². The second kappa shape index (κ2) is 4.34. The Bertz CT molecular complexity index is 427. The summed E-state index contributed by atoms with van der Waals surface area (Å²) in [6.07, 6.45) is 13.4. The maximum Gasteiger partial charge on any atom is 0.139 e. The summed E-state index contributed by atoms with van der Waals surface area (Å²) in [4.78, 5) is 12.4. The Labute approximate surface area is 123 Å². The molecule has 4 fully saturated rings. The van der Waals surface area contributed by atoms with Crippen molar-refractivity contribution in [1.82, 2.24) is 0 Å². The van der Waals surface area contributed by atoms with Crippen molar-refractivity contribution in [3.05, 3.63) is 0 Å². The number of hydrogen-bond donors (Lipinski definition) is 0. The van der Waals surface area contributed by atoms with Gasteiger partial charge in [-0.25, -0.2) is 0 Å². The van der Waals surface area contributed by atoms with Gasteiger partial charge in [-0.1, -0.05) is 26.7 Å². The van der Waals surface area contributed by atoms with Crippen molar-refractivity contribution in [3.8, 4) is 0 Å². The Balaban J connectivity index is 1.66. The molecule has 0 radical (unpaired) electrons. The molecule has 0 N–H and O–H groups in total. The van der Waals surface area contributed by atoms with Crippen molar-refractivity contribution in [2.45, 2.75) is 78.1 Å². The molecule has 0 aromatic carbocycles. The van der Waals surface area contributed by atoms with Crippen LogP contribution in [0.4, 0.5) is 0 Å². The first-order valence-electron chi connectivity index (χ1n) is 9.09. The van der Waals surface area contributed by atoms with Crippen LogP contribution in [0.15, 0.2) is 0 Å². The molecule has 0 bridgehead atoms. The van der Waals surface area contributed by atoms with Crippen LogP contribution >= 0.6 is 0 Å². The SMILES string of the molecule is C[C@@]12CCCC[C@@H]1CC[C@H]1[C@H]2CC[C@]2(C)C(=O)CC[C@@H]12. The van der Waals surface area contributed by atoms with Gasteiger partial charge in [-0.05, 0) is 74.0 Å². The van der Waals surface area contributed by atoms with E-state index in [1.54, 1.807) is 0 Å². The van der Waals surface area contributed by atoms with E-state index < -0.39 is 0 Å². The maximum atomic E-state index is 12.4. The van der Waals surface area contributed by atoms with Gasteiger partial charge in [-0.3, -0.25) is 4.79 Å². The fourth-order valence-corrected chi connectivity index (χ4v) is 7.07. The van der Waals surface area contributed by atoms with E-state index in [1.165, 1.54) is 57.8 Å². The summed E-state index contributed by atoms with van der Waals surface area (Å²) < 4.78 is 0. The third-order valence-electron chi connectivity index (χ3n) is 8.29. The fraction of sp³-hybridized carbons (Fsp3) is 0.947. The highest BCUT2D eigenvalue weighted by molar-refractivity contribution is 5.87. The molecule has 1 heteroatoms. The zero-order valence-corrected chi connectivity index (χ0v) is 13.3. The molecule has 0 aliphatic heterocycles.